The van der Waals surface area contributed by atoms with Crippen LogP contribution in [-0.2, 0) is 20.9 Å². The Hall–Kier alpha value is -1.39. The number of nitrogens with one attached hydrogen (secondary N) is 1. The molecule has 1 heterocycles. The predicted octanol–water partition coefficient (Wildman–Crippen LogP) is 0.670. The zero-order valence-corrected chi connectivity index (χ0v) is 22.0. The molecule has 174 valence electrons. The number of thioether (sulfide) groups is 1. The monoisotopic (exact) mass is 483 g/mol. The summed E-state index contributed by atoms with van der Waals surface area (Å²) in [5, 5.41) is 12.1. The molecule has 1 unspecified atom stereocenters. The van der Waals surface area contributed by atoms with Gasteiger partial charge in [0.15, 0.2) is 0 Å². The quantitative estimate of drug-likeness (QED) is 0.452. The van der Waals surface area contributed by atoms with E-state index in [0.29, 0.717) is 36.9 Å². The Kier molecular flexibility index (Phi) is 13.9. The van der Waals surface area contributed by atoms with Gasteiger partial charge in [-0.25, -0.2) is 4.79 Å². The molecule has 1 fully saturated rings. The molecule has 0 bridgehead atoms. The van der Waals surface area contributed by atoms with Crippen molar-refractivity contribution in [2.75, 3.05) is 31.8 Å². The van der Waals surface area contributed by atoms with Gasteiger partial charge in [-0.2, -0.15) is 11.8 Å². The minimum absolute atomic E-state index is 0. The van der Waals surface area contributed by atoms with E-state index in [4.69, 9.17) is 9.47 Å². The number of carboxylic acids is 1. The molecule has 1 aliphatic rings. The van der Waals surface area contributed by atoms with E-state index < -0.39 is 12.0 Å². The Bertz CT molecular complexity index is 877. The minimum Gasteiger partial charge on any atom is -0.870 e. The molecule has 1 saturated heterocycles. The van der Waals surface area contributed by atoms with Gasteiger partial charge in [0.2, 0.25) is 0 Å². The molecule has 1 aliphatic heterocycles. The molecule has 0 radical (unpaired) electrons. The summed E-state index contributed by atoms with van der Waals surface area (Å²) in [6.45, 7) is 2.64. The van der Waals surface area contributed by atoms with Gasteiger partial charge in [0.05, 0.1) is 19.8 Å². The number of benzene rings is 2. The van der Waals surface area contributed by atoms with Gasteiger partial charge in [-0.3, -0.25) is 4.79 Å². The van der Waals surface area contributed by atoms with Crippen LogP contribution >= 0.6 is 11.8 Å². The van der Waals surface area contributed by atoms with Crippen molar-refractivity contribution in [2.45, 2.75) is 25.5 Å². The van der Waals surface area contributed by atoms with Crippen molar-refractivity contribution < 1.29 is 59.2 Å². The first-order valence-electron chi connectivity index (χ1n) is 10.4. The van der Waals surface area contributed by atoms with Gasteiger partial charge < -0.3 is 25.4 Å². The van der Waals surface area contributed by atoms with E-state index in [9.17, 15) is 14.7 Å². The van der Waals surface area contributed by atoms with Gasteiger partial charge in [-0.15, -0.1) is 0 Å². The Morgan fingerprint density at radius 2 is 2.00 bits per heavy atom. The smallest absolute Gasteiger partial charge is 0.870 e. The third kappa shape index (κ3) is 9.05. The molecule has 2 atom stereocenters. The van der Waals surface area contributed by atoms with Crippen LogP contribution in [-0.4, -0.2) is 60.3 Å². The Balaban J connectivity index is 0.00000272. The molecular formula is C24H30NNaO6S. The van der Waals surface area contributed by atoms with Crippen molar-refractivity contribution in [2.24, 2.45) is 5.92 Å². The average Bonchev–Trinajstić information content (AvgIpc) is 3.30. The molecule has 7 nitrogen and oxygen atoms in total. The second-order valence-electron chi connectivity index (χ2n) is 7.64. The SMILES string of the molecule is CSCC[C@H](NC(=O)c1ccc(COCC2CCOC2)cc1-c1ccccc1)C(=O)O.[Na+].[OH-]. The maximum atomic E-state index is 13.0. The summed E-state index contributed by atoms with van der Waals surface area (Å²) in [4.78, 5) is 24.5. The zero-order valence-electron chi connectivity index (χ0n) is 19.2. The molecule has 3 rings (SSSR count). The summed E-state index contributed by atoms with van der Waals surface area (Å²) < 4.78 is 11.3. The summed E-state index contributed by atoms with van der Waals surface area (Å²) in [6.07, 6.45) is 3.31. The van der Waals surface area contributed by atoms with Crippen LogP contribution in [0.1, 0.15) is 28.8 Å². The van der Waals surface area contributed by atoms with Crippen LogP contribution in [0.5, 0.6) is 0 Å². The third-order valence-corrected chi connectivity index (χ3v) is 5.92. The topological polar surface area (TPSA) is 115 Å². The van der Waals surface area contributed by atoms with Crippen LogP contribution in [0.4, 0.5) is 0 Å². The fraction of sp³-hybridized carbons (Fsp3) is 0.417. The van der Waals surface area contributed by atoms with Gasteiger partial charge in [-0.05, 0) is 53.7 Å². The number of aliphatic carboxylic acids is 1. The van der Waals surface area contributed by atoms with E-state index in [-0.39, 0.29) is 40.9 Å². The van der Waals surface area contributed by atoms with Crippen LogP contribution in [0.3, 0.4) is 0 Å². The van der Waals surface area contributed by atoms with Crippen LogP contribution in [0.15, 0.2) is 48.5 Å². The predicted molar refractivity (Wildman–Crippen MR) is 124 cm³/mol. The first kappa shape index (κ1) is 29.6. The molecule has 0 aromatic heterocycles. The van der Waals surface area contributed by atoms with E-state index >= 15 is 0 Å². The minimum atomic E-state index is -1.02. The Labute approximate surface area is 221 Å². The fourth-order valence-corrected chi connectivity index (χ4v) is 3.99. The molecule has 3 N–H and O–H groups in total. The standard InChI is InChI=1S/C24H29NO5S.Na.H2O/c1-31-12-10-22(24(27)28)25-23(26)20-8-7-17(14-30-16-18-9-11-29-15-18)13-21(20)19-5-3-2-4-6-19;;/h2-8,13,18,22H,9-12,14-16H2,1H3,(H,25,26)(H,27,28);;1H2/q;+1;/p-1/t18?,22-;;/m0../s1. The van der Waals surface area contributed by atoms with Gasteiger partial charge in [0.1, 0.15) is 6.04 Å². The van der Waals surface area contributed by atoms with E-state index in [1.54, 1.807) is 17.8 Å². The van der Waals surface area contributed by atoms with Crippen molar-refractivity contribution in [1.82, 2.24) is 5.32 Å². The number of rotatable bonds is 11. The maximum Gasteiger partial charge on any atom is 1.00 e. The van der Waals surface area contributed by atoms with Gasteiger partial charge in [-0.1, -0.05) is 36.4 Å². The number of ether oxygens (including phenoxy) is 2. The number of carbonyl (C=O) groups is 2. The number of hydrogen-bond donors (Lipinski definition) is 2. The van der Waals surface area contributed by atoms with E-state index in [1.807, 2.05) is 48.7 Å². The Morgan fingerprint density at radius 1 is 1.24 bits per heavy atom. The number of carboxylic acid groups (broad SMARTS) is 1. The maximum absolute atomic E-state index is 13.0. The van der Waals surface area contributed by atoms with E-state index in [0.717, 1.165) is 36.3 Å². The van der Waals surface area contributed by atoms with Gasteiger partial charge >= 0.3 is 35.5 Å². The summed E-state index contributed by atoms with van der Waals surface area (Å²) in [5.41, 5.74) is 3.08. The van der Waals surface area contributed by atoms with E-state index in [1.165, 1.54) is 0 Å². The molecule has 1 amide bonds. The van der Waals surface area contributed by atoms with Crippen molar-refractivity contribution in [3.8, 4) is 11.1 Å². The second-order valence-corrected chi connectivity index (χ2v) is 8.62. The molecular weight excluding hydrogens is 453 g/mol. The summed E-state index contributed by atoms with van der Waals surface area (Å²) in [6, 6.07) is 14.3. The normalized spacial score (nSPS) is 15.7. The fourth-order valence-electron chi connectivity index (χ4n) is 3.52. The van der Waals surface area contributed by atoms with Gasteiger partial charge in [0, 0.05) is 18.1 Å². The molecule has 33 heavy (non-hydrogen) atoms. The van der Waals surface area contributed by atoms with Crippen LogP contribution < -0.4 is 34.9 Å². The molecule has 0 saturated carbocycles. The third-order valence-electron chi connectivity index (χ3n) is 5.27. The molecule has 2 aromatic rings. The first-order chi connectivity index (χ1) is 15.1. The number of amides is 1. The summed E-state index contributed by atoms with van der Waals surface area (Å²) >= 11 is 1.55. The van der Waals surface area contributed by atoms with Crippen molar-refractivity contribution in [1.29, 1.82) is 0 Å². The largest absolute Gasteiger partial charge is 1.00 e. The molecule has 0 aliphatic carbocycles. The van der Waals surface area contributed by atoms with Gasteiger partial charge in [0.25, 0.3) is 5.91 Å². The molecule has 9 heteroatoms. The zero-order chi connectivity index (χ0) is 22.1. The number of hydrogen-bond acceptors (Lipinski definition) is 6. The summed E-state index contributed by atoms with van der Waals surface area (Å²) in [7, 11) is 0. The summed E-state index contributed by atoms with van der Waals surface area (Å²) in [5.74, 6) is -0.314. The van der Waals surface area contributed by atoms with Crippen molar-refractivity contribution >= 4 is 23.6 Å². The second kappa shape index (κ2) is 15.5. The first-order valence-corrected chi connectivity index (χ1v) is 11.8. The Morgan fingerprint density at radius 3 is 2.64 bits per heavy atom. The van der Waals surface area contributed by atoms with Crippen LogP contribution in [0, 0.1) is 5.92 Å². The average molecular weight is 484 g/mol. The molecule has 2 aromatic carbocycles. The molecule has 0 spiro atoms. The van der Waals surface area contributed by atoms with Crippen LogP contribution in [0.2, 0.25) is 0 Å². The van der Waals surface area contributed by atoms with Crippen molar-refractivity contribution in [3.63, 3.8) is 0 Å². The van der Waals surface area contributed by atoms with Crippen molar-refractivity contribution in [3.05, 3.63) is 59.7 Å². The van der Waals surface area contributed by atoms with Crippen LogP contribution in [0.25, 0.3) is 11.1 Å². The van der Waals surface area contributed by atoms with E-state index in [2.05, 4.69) is 5.32 Å². The number of carbonyl (C=O) groups excluding carboxylic acids is 1.